The topological polar surface area (TPSA) is 21.3 Å². The summed E-state index contributed by atoms with van der Waals surface area (Å²) in [4.78, 5) is 2.39. The summed E-state index contributed by atoms with van der Waals surface area (Å²) in [6.45, 7) is 0. The lowest BCUT2D eigenvalue weighted by atomic mass is 9.93. The number of nitrogens with zero attached hydrogens (tertiary/aromatic N) is 2. The number of rotatable bonds is 9. The molecule has 0 aliphatic heterocycles. The summed E-state index contributed by atoms with van der Waals surface area (Å²) in [6, 6.07) is 96.0. The molecule has 11 aromatic carbocycles. The second kappa shape index (κ2) is 16.9. The average molecular weight is 881 g/mol. The van der Waals surface area contributed by atoms with Gasteiger partial charge in [-0.1, -0.05) is 212 Å². The third-order valence-electron chi connectivity index (χ3n) is 13.7. The molecule has 69 heavy (non-hydrogen) atoms. The Bertz CT molecular complexity index is 3960. The van der Waals surface area contributed by atoms with Crippen molar-refractivity contribution >= 4 is 60.8 Å². The van der Waals surface area contributed by atoms with E-state index in [0.717, 1.165) is 66.9 Å². The van der Waals surface area contributed by atoms with E-state index in [1.807, 2.05) is 6.07 Å². The van der Waals surface area contributed by atoms with Crippen LogP contribution in [0.15, 0.2) is 271 Å². The highest BCUT2D eigenvalue weighted by Crippen LogP contribution is 2.46. The summed E-state index contributed by atoms with van der Waals surface area (Å²) in [7, 11) is 0. The van der Waals surface area contributed by atoms with Crippen molar-refractivity contribution in [3.05, 3.63) is 267 Å². The minimum Gasteiger partial charge on any atom is -0.455 e. The lowest BCUT2D eigenvalue weighted by Gasteiger charge is -2.28. The normalized spacial score (nSPS) is 11.5. The molecule has 3 heteroatoms. The van der Waals surface area contributed by atoms with E-state index < -0.39 is 0 Å². The number of furan rings is 1. The Morgan fingerprint density at radius 1 is 0.275 bits per heavy atom. The Hall–Kier alpha value is -9.18. The Morgan fingerprint density at radius 3 is 1.35 bits per heavy atom. The molecular formula is C66H44N2O. The zero-order chi connectivity index (χ0) is 45.7. The van der Waals surface area contributed by atoms with Crippen molar-refractivity contribution in [2.45, 2.75) is 0 Å². The van der Waals surface area contributed by atoms with Crippen molar-refractivity contribution in [1.82, 2.24) is 4.57 Å². The van der Waals surface area contributed by atoms with Crippen molar-refractivity contribution in [3.63, 3.8) is 0 Å². The molecule has 3 nitrogen and oxygen atoms in total. The minimum atomic E-state index is 0.882. The Balaban J connectivity index is 0.948. The number of fused-ring (bicyclic) bond motifs is 6. The lowest BCUT2D eigenvalue weighted by Crippen LogP contribution is -2.11. The van der Waals surface area contributed by atoms with Crippen LogP contribution in [0.4, 0.5) is 17.1 Å². The molecule has 0 aliphatic rings. The standard InChI is InChI=1S/C66H44N2O/c1-2-19-45(20-3-1)50-21-4-5-22-51(50)46-37-41-48(42-38-46)67(61-32-13-11-28-57(61)59-30-18-31-60-58-29-12-17-36-65(58)69-66(59)60)49-43-39-47(40-44-49)52-23-6-7-24-53(52)54-25-8-14-33-62(54)68-63-34-15-9-26-55(63)56-27-10-16-35-64(56)68/h1-44H. The molecule has 13 rings (SSSR count). The summed E-state index contributed by atoms with van der Waals surface area (Å²) >= 11 is 0. The number of hydrogen-bond donors (Lipinski definition) is 0. The summed E-state index contributed by atoms with van der Waals surface area (Å²) in [6.07, 6.45) is 0. The predicted octanol–water partition coefficient (Wildman–Crippen LogP) is 18.5. The molecule has 0 saturated heterocycles. The SMILES string of the molecule is c1ccc(-c2ccccc2-c2ccc(N(c3ccc(-c4ccccc4-c4ccccc4-n4c5ccccc5c5ccccc54)cc3)c3ccccc3-c3cccc4c3oc3ccccc34)cc2)cc1. The number of anilines is 3. The van der Waals surface area contributed by atoms with Crippen LogP contribution < -0.4 is 4.90 Å². The van der Waals surface area contributed by atoms with Crippen LogP contribution in [0.5, 0.6) is 0 Å². The van der Waals surface area contributed by atoms with Gasteiger partial charge in [0, 0.05) is 49.6 Å². The molecule has 0 amide bonds. The largest absolute Gasteiger partial charge is 0.455 e. The molecule has 0 radical (unpaired) electrons. The second-order valence-electron chi connectivity index (χ2n) is 17.6. The van der Waals surface area contributed by atoms with Crippen LogP contribution in [-0.2, 0) is 0 Å². The second-order valence-corrected chi connectivity index (χ2v) is 17.6. The summed E-state index contributed by atoms with van der Waals surface area (Å²) < 4.78 is 9.09. The van der Waals surface area contributed by atoms with Gasteiger partial charge < -0.3 is 13.9 Å². The number of hydrogen-bond acceptors (Lipinski definition) is 2. The van der Waals surface area contributed by atoms with E-state index >= 15 is 0 Å². The van der Waals surface area contributed by atoms with Crippen LogP contribution in [0.1, 0.15) is 0 Å². The quantitative estimate of drug-likeness (QED) is 0.144. The fourth-order valence-corrected chi connectivity index (χ4v) is 10.5. The molecule has 324 valence electrons. The first-order valence-electron chi connectivity index (χ1n) is 23.6. The fraction of sp³-hybridized carbons (Fsp3) is 0. The van der Waals surface area contributed by atoms with E-state index in [0.29, 0.717) is 0 Å². The predicted molar refractivity (Wildman–Crippen MR) is 290 cm³/mol. The van der Waals surface area contributed by atoms with Gasteiger partial charge in [0.05, 0.1) is 22.4 Å². The van der Waals surface area contributed by atoms with Gasteiger partial charge in [0.2, 0.25) is 0 Å². The summed E-state index contributed by atoms with van der Waals surface area (Å²) in [5.74, 6) is 0. The molecule has 2 aromatic heterocycles. The molecule has 0 aliphatic carbocycles. The molecule has 0 atom stereocenters. The maximum atomic E-state index is 6.66. The van der Waals surface area contributed by atoms with Gasteiger partial charge in [0.25, 0.3) is 0 Å². The molecule has 13 aromatic rings. The number of aromatic nitrogens is 1. The highest BCUT2D eigenvalue weighted by molar-refractivity contribution is 6.12. The molecule has 0 bridgehead atoms. The van der Waals surface area contributed by atoms with Crippen LogP contribution in [-0.4, -0.2) is 4.57 Å². The van der Waals surface area contributed by atoms with Crippen molar-refractivity contribution < 1.29 is 4.42 Å². The van der Waals surface area contributed by atoms with E-state index in [4.69, 9.17) is 4.42 Å². The Morgan fingerprint density at radius 2 is 0.710 bits per heavy atom. The molecule has 0 saturated carbocycles. The third kappa shape index (κ3) is 6.91. The molecule has 0 N–H and O–H groups in total. The number of para-hydroxylation sites is 6. The van der Waals surface area contributed by atoms with Gasteiger partial charge in [0.1, 0.15) is 11.2 Å². The summed E-state index contributed by atoms with van der Waals surface area (Å²) in [5.41, 5.74) is 20.0. The van der Waals surface area contributed by atoms with Crippen molar-refractivity contribution in [1.29, 1.82) is 0 Å². The third-order valence-corrected chi connectivity index (χ3v) is 13.7. The van der Waals surface area contributed by atoms with E-state index in [2.05, 4.69) is 270 Å². The van der Waals surface area contributed by atoms with Crippen LogP contribution >= 0.6 is 0 Å². The monoisotopic (exact) mass is 880 g/mol. The van der Waals surface area contributed by atoms with Gasteiger partial charge in [-0.15, -0.1) is 0 Å². The van der Waals surface area contributed by atoms with Crippen LogP contribution in [0.2, 0.25) is 0 Å². The first-order chi connectivity index (χ1) is 34.3. The fourth-order valence-electron chi connectivity index (χ4n) is 10.5. The van der Waals surface area contributed by atoms with Gasteiger partial charge in [-0.2, -0.15) is 0 Å². The van der Waals surface area contributed by atoms with E-state index in [1.54, 1.807) is 0 Å². The van der Waals surface area contributed by atoms with Gasteiger partial charge in [0.15, 0.2) is 0 Å². The van der Waals surface area contributed by atoms with Crippen molar-refractivity contribution in [2.75, 3.05) is 4.90 Å². The van der Waals surface area contributed by atoms with Gasteiger partial charge in [-0.3, -0.25) is 0 Å². The highest BCUT2D eigenvalue weighted by Gasteiger charge is 2.22. The highest BCUT2D eigenvalue weighted by atomic mass is 16.3. The molecular weight excluding hydrogens is 837 g/mol. The first-order valence-corrected chi connectivity index (χ1v) is 23.6. The smallest absolute Gasteiger partial charge is 0.143 e. The van der Waals surface area contributed by atoms with Gasteiger partial charge in [-0.25, -0.2) is 0 Å². The molecule has 0 unspecified atom stereocenters. The lowest BCUT2D eigenvalue weighted by molar-refractivity contribution is 0.670. The number of benzene rings is 11. The van der Waals surface area contributed by atoms with Crippen LogP contribution in [0, 0.1) is 0 Å². The molecule has 0 fully saturated rings. The zero-order valence-electron chi connectivity index (χ0n) is 37.7. The van der Waals surface area contributed by atoms with Crippen LogP contribution in [0.25, 0.3) is 105 Å². The average Bonchev–Trinajstić information content (AvgIpc) is 3.98. The first kappa shape index (κ1) is 40.1. The maximum Gasteiger partial charge on any atom is 0.143 e. The van der Waals surface area contributed by atoms with Crippen molar-refractivity contribution in [3.8, 4) is 61.3 Å². The van der Waals surface area contributed by atoms with Crippen molar-refractivity contribution in [2.24, 2.45) is 0 Å². The maximum absolute atomic E-state index is 6.66. The zero-order valence-corrected chi connectivity index (χ0v) is 37.7. The van der Waals surface area contributed by atoms with Crippen LogP contribution in [0.3, 0.4) is 0 Å². The Labute approximate surface area is 401 Å². The molecule has 0 spiro atoms. The van der Waals surface area contributed by atoms with E-state index in [-0.39, 0.29) is 0 Å². The van der Waals surface area contributed by atoms with E-state index in [9.17, 15) is 0 Å². The van der Waals surface area contributed by atoms with Gasteiger partial charge >= 0.3 is 0 Å². The van der Waals surface area contributed by atoms with Gasteiger partial charge in [-0.05, 0) is 93.5 Å². The molecule has 2 heterocycles. The summed E-state index contributed by atoms with van der Waals surface area (Å²) in [5, 5.41) is 4.72. The minimum absolute atomic E-state index is 0.882. The Kier molecular flexibility index (Phi) is 9.84. The van der Waals surface area contributed by atoms with E-state index in [1.165, 1.54) is 55.2 Å².